The first-order chi connectivity index (χ1) is 24.1. The Bertz CT molecular complexity index is 1940. The van der Waals surface area contributed by atoms with Gasteiger partial charge in [0.05, 0.1) is 24.4 Å². The number of aryl methyl sites for hydroxylation is 1. The van der Waals surface area contributed by atoms with E-state index in [-0.39, 0.29) is 6.23 Å². The summed E-state index contributed by atoms with van der Waals surface area (Å²) in [6.07, 6.45) is 5.01. The smallest absolute Gasteiger partial charge is 0.209 e. The van der Waals surface area contributed by atoms with E-state index in [0.29, 0.717) is 19.7 Å². The zero-order valence-corrected chi connectivity index (χ0v) is 27.7. The number of aromatic nitrogens is 3. The van der Waals surface area contributed by atoms with Gasteiger partial charge in [-0.05, 0) is 47.4 Å². The first kappa shape index (κ1) is 31.0. The highest BCUT2D eigenvalue weighted by molar-refractivity contribution is 5.95. The van der Waals surface area contributed by atoms with Crippen molar-refractivity contribution < 1.29 is 9.53 Å². The minimum absolute atomic E-state index is 0.0452. The number of nitrogens with zero attached hydrogens (tertiary/aromatic N) is 6. The molecule has 8 heteroatoms. The molecule has 2 saturated heterocycles. The molecule has 0 radical (unpaired) electrons. The highest BCUT2D eigenvalue weighted by Crippen LogP contribution is 2.42. The normalized spacial score (nSPS) is 17.4. The average Bonchev–Trinajstić information content (AvgIpc) is 3.57. The maximum Gasteiger partial charge on any atom is 0.209 e. The van der Waals surface area contributed by atoms with Gasteiger partial charge in [-0.25, -0.2) is 0 Å². The van der Waals surface area contributed by atoms with Crippen LogP contribution >= 0.6 is 0 Å². The summed E-state index contributed by atoms with van der Waals surface area (Å²) in [5.41, 5.74) is 8.05. The van der Waals surface area contributed by atoms with E-state index < -0.39 is 5.54 Å². The summed E-state index contributed by atoms with van der Waals surface area (Å²) in [4.78, 5) is 22.7. The van der Waals surface area contributed by atoms with Gasteiger partial charge in [0.1, 0.15) is 11.8 Å². The molecule has 0 aliphatic carbocycles. The van der Waals surface area contributed by atoms with Gasteiger partial charge in [0.2, 0.25) is 6.41 Å². The number of anilines is 1. The molecule has 0 bridgehead atoms. The van der Waals surface area contributed by atoms with Crippen molar-refractivity contribution in [3.05, 3.63) is 150 Å². The number of hydrogen-bond donors (Lipinski definition) is 0. The Hall–Kier alpha value is -5.31. The molecule has 4 aromatic carbocycles. The van der Waals surface area contributed by atoms with Crippen molar-refractivity contribution in [1.82, 2.24) is 24.6 Å². The summed E-state index contributed by atoms with van der Waals surface area (Å²) in [6.45, 7) is 7.45. The van der Waals surface area contributed by atoms with Crippen molar-refractivity contribution in [1.29, 1.82) is 0 Å². The molecule has 2 fully saturated rings. The van der Waals surface area contributed by atoms with Crippen LogP contribution in [0.4, 0.5) is 5.69 Å². The maximum absolute atomic E-state index is 11.4. The second-order valence-electron chi connectivity index (χ2n) is 12.9. The third-order valence-electron chi connectivity index (χ3n) is 10.1. The molecule has 0 N–H and O–H groups in total. The molecular formula is C41H40N6O2. The number of hydrogen-bond acceptors (Lipinski definition) is 6. The fraction of sp³-hybridized carbons (Fsp3) is 0.244. The van der Waals surface area contributed by atoms with Crippen LogP contribution in [0.3, 0.4) is 0 Å². The number of morpholine rings is 1. The molecule has 0 saturated carbocycles. The van der Waals surface area contributed by atoms with Crippen molar-refractivity contribution in [3.63, 3.8) is 0 Å². The number of benzene rings is 4. The molecule has 49 heavy (non-hydrogen) atoms. The summed E-state index contributed by atoms with van der Waals surface area (Å²) >= 11 is 0. The molecule has 246 valence electrons. The van der Waals surface area contributed by atoms with Gasteiger partial charge < -0.3 is 14.5 Å². The lowest BCUT2D eigenvalue weighted by Crippen LogP contribution is -2.56. The van der Waals surface area contributed by atoms with Gasteiger partial charge in [-0.3, -0.25) is 19.4 Å². The van der Waals surface area contributed by atoms with Gasteiger partial charge in [-0.15, -0.1) is 0 Å². The number of carbonyl (C=O) groups is 1. The van der Waals surface area contributed by atoms with Crippen molar-refractivity contribution >= 4 is 23.0 Å². The summed E-state index contributed by atoms with van der Waals surface area (Å²) in [5, 5.41) is 6.42. The van der Waals surface area contributed by atoms with Gasteiger partial charge in [0, 0.05) is 61.8 Å². The van der Waals surface area contributed by atoms with Crippen LogP contribution in [0.5, 0.6) is 0 Å². The standard InChI is InChI=1S/C41H40N6O2/c1-31-37(28-47(43-31)41(33-11-5-2-6-12-33,34-13-7-3-8-14-34)35-15-9-4-10-16-35)32-17-18-38-36(27-32)39(19-20-42-38)45-21-23-46(24-22-45)40-29-44(30-48)25-26-49-40/h2-20,27-28,30,40H,21-26,29H2,1H3. The van der Waals surface area contributed by atoms with E-state index in [1.165, 1.54) is 5.69 Å². The molecule has 8 rings (SSSR count). The quantitative estimate of drug-likeness (QED) is 0.145. The second-order valence-corrected chi connectivity index (χ2v) is 12.9. The van der Waals surface area contributed by atoms with Crippen LogP contribution in [0.25, 0.3) is 22.0 Å². The zero-order valence-electron chi connectivity index (χ0n) is 27.7. The predicted molar refractivity (Wildman–Crippen MR) is 193 cm³/mol. The zero-order chi connectivity index (χ0) is 33.2. The Morgan fingerprint density at radius 3 is 2.02 bits per heavy atom. The van der Waals surface area contributed by atoms with Crippen LogP contribution < -0.4 is 4.90 Å². The Balaban J connectivity index is 1.17. The summed E-state index contributed by atoms with van der Waals surface area (Å²) in [7, 11) is 0. The fourth-order valence-corrected chi connectivity index (χ4v) is 7.64. The summed E-state index contributed by atoms with van der Waals surface area (Å²) in [6, 6.07) is 40.7. The Labute approximate surface area is 287 Å². The monoisotopic (exact) mass is 648 g/mol. The van der Waals surface area contributed by atoms with Gasteiger partial charge in [0.15, 0.2) is 0 Å². The first-order valence-electron chi connectivity index (χ1n) is 17.1. The summed E-state index contributed by atoms with van der Waals surface area (Å²) in [5.74, 6) is 0. The average molecular weight is 649 g/mol. The maximum atomic E-state index is 11.4. The number of piperazine rings is 1. The minimum atomic E-state index is -0.680. The molecule has 1 atom stereocenters. The molecule has 0 spiro atoms. The van der Waals surface area contributed by atoms with E-state index >= 15 is 0 Å². The minimum Gasteiger partial charge on any atom is -0.368 e. The van der Waals surface area contributed by atoms with E-state index in [2.05, 4.69) is 143 Å². The Kier molecular flexibility index (Phi) is 8.41. The van der Waals surface area contributed by atoms with Crippen molar-refractivity contribution in [3.8, 4) is 11.1 Å². The summed E-state index contributed by atoms with van der Waals surface area (Å²) < 4.78 is 8.19. The molecular weight excluding hydrogens is 608 g/mol. The van der Waals surface area contributed by atoms with E-state index in [1.54, 1.807) is 0 Å². The molecule has 6 aromatic rings. The number of fused-ring (bicyclic) bond motifs is 1. The predicted octanol–water partition coefficient (Wildman–Crippen LogP) is 6.18. The first-order valence-corrected chi connectivity index (χ1v) is 17.1. The molecule has 4 heterocycles. The molecule has 1 unspecified atom stereocenters. The number of carbonyl (C=O) groups excluding carboxylic acids is 1. The van der Waals surface area contributed by atoms with Crippen LogP contribution in [0, 0.1) is 6.92 Å². The van der Waals surface area contributed by atoms with E-state index in [1.807, 2.05) is 11.1 Å². The lowest BCUT2D eigenvalue weighted by Gasteiger charge is -2.43. The van der Waals surface area contributed by atoms with Crippen LogP contribution in [0.15, 0.2) is 128 Å². The number of pyridine rings is 1. The van der Waals surface area contributed by atoms with E-state index in [9.17, 15) is 4.79 Å². The highest BCUT2D eigenvalue weighted by Gasteiger charge is 2.40. The fourth-order valence-electron chi connectivity index (χ4n) is 7.64. The SMILES string of the molecule is Cc1nn(C(c2ccccc2)(c2ccccc2)c2ccccc2)cc1-c1ccc2nccc(N3CCN(C4CN(C=O)CCO4)CC3)c2c1. The number of ether oxygens (including phenoxy) is 1. The highest BCUT2D eigenvalue weighted by atomic mass is 16.5. The van der Waals surface area contributed by atoms with Gasteiger partial charge in [-0.2, -0.15) is 5.10 Å². The lowest BCUT2D eigenvalue weighted by atomic mass is 9.77. The third-order valence-corrected chi connectivity index (χ3v) is 10.1. The number of rotatable bonds is 8. The van der Waals surface area contributed by atoms with Gasteiger partial charge in [-0.1, -0.05) is 97.1 Å². The lowest BCUT2D eigenvalue weighted by molar-refractivity contribution is -0.139. The topological polar surface area (TPSA) is 66.7 Å². The van der Waals surface area contributed by atoms with Crippen LogP contribution in [0.1, 0.15) is 22.4 Å². The van der Waals surface area contributed by atoms with Gasteiger partial charge in [0.25, 0.3) is 0 Å². The van der Waals surface area contributed by atoms with E-state index in [0.717, 1.165) is 77.0 Å². The molecule has 2 aromatic heterocycles. The second kappa shape index (κ2) is 13.3. The Morgan fingerprint density at radius 2 is 1.41 bits per heavy atom. The van der Waals surface area contributed by atoms with Crippen LogP contribution in [-0.2, 0) is 15.1 Å². The van der Waals surface area contributed by atoms with Crippen molar-refractivity contribution in [2.45, 2.75) is 18.7 Å². The largest absolute Gasteiger partial charge is 0.368 e. The van der Waals surface area contributed by atoms with E-state index in [4.69, 9.17) is 14.8 Å². The third kappa shape index (κ3) is 5.67. The molecule has 1 amide bonds. The van der Waals surface area contributed by atoms with Crippen molar-refractivity contribution in [2.75, 3.05) is 50.8 Å². The van der Waals surface area contributed by atoms with Crippen molar-refractivity contribution in [2.24, 2.45) is 0 Å². The van der Waals surface area contributed by atoms with Crippen LogP contribution in [-0.4, -0.2) is 83.1 Å². The van der Waals surface area contributed by atoms with Gasteiger partial charge >= 0.3 is 0 Å². The molecule has 2 aliphatic heterocycles. The molecule has 2 aliphatic rings. The van der Waals surface area contributed by atoms with Crippen LogP contribution in [0.2, 0.25) is 0 Å². The number of amides is 1. The Morgan fingerprint density at radius 1 is 0.776 bits per heavy atom. The molecule has 8 nitrogen and oxygen atoms in total.